The Balaban J connectivity index is 1.62. The molecule has 2 aromatic rings. The molecule has 2 aromatic carbocycles. The predicted octanol–water partition coefficient (Wildman–Crippen LogP) is 2.77. The Morgan fingerprint density at radius 2 is 1.88 bits per heavy atom. The topological polar surface area (TPSA) is 88.2 Å². The number of likely N-dealkylation sites (N-methyl/N-ethyl adjacent to an activating group) is 1. The van der Waals surface area contributed by atoms with Crippen molar-refractivity contribution in [2.45, 2.75) is 18.2 Å². The summed E-state index contributed by atoms with van der Waals surface area (Å²) >= 11 is 0. The molecule has 1 N–H and O–H groups in total. The lowest BCUT2D eigenvalue weighted by atomic mass is 10.1. The van der Waals surface area contributed by atoms with Gasteiger partial charge in [-0.2, -0.15) is 4.31 Å². The summed E-state index contributed by atoms with van der Waals surface area (Å²) in [6, 6.07) is 11.8. The fraction of sp³-hybridized carbons (Fsp3) is 0.375. The van der Waals surface area contributed by atoms with Gasteiger partial charge in [0.2, 0.25) is 10.0 Å². The molecule has 0 atom stereocenters. The number of methoxy groups -OCH3 is 1. The maximum Gasteiger partial charge on any atom is 0.262 e. The number of sulfonamides is 1. The van der Waals surface area contributed by atoms with E-state index < -0.39 is 15.9 Å². The average molecular weight is 474 g/mol. The molecule has 1 aliphatic rings. The summed E-state index contributed by atoms with van der Waals surface area (Å²) in [6.07, 6.45) is 2.49. The van der Waals surface area contributed by atoms with Crippen LogP contribution in [0.3, 0.4) is 0 Å². The zero-order valence-corrected chi connectivity index (χ0v) is 19.9. The van der Waals surface area contributed by atoms with Crippen LogP contribution in [0, 0.1) is 0 Å². The highest BCUT2D eigenvalue weighted by Crippen LogP contribution is 2.28. The van der Waals surface area contributed by atoms with Crippen molar-refractivity contribution in [3.8, 4) is 11.5 Å². The second-order valence-corrected chi connectivity index (χ2v) is 9.62. The highest BCUT2D eigenvalue weighted by atomic mass is 32.2. The molecule has 0 unspecified atom stereocenters. The van der Waals surface area contributed by atoms with Crippen molar-refractivity contribution >= 4 is 21.6 Å². The van der Waals surface area contributed by atoms with Crippen molar-refractivity contribution in [3.05, 3.63) is 60.7 Å². The normalized spacial score (nSPS) is 15.1. The Kier molecular flexibility index (Phi) is 8.49. The third-order valence-corrected chi connectivity index (χ3v) is 7.40. The SMILES string of the molecule is C=CCc1ccc(OCC(=O)Nc2cccc(S(=O)(=O)N3CCN(CC)CC3)c2)c(OC)c1. The molecular weight excluding hydrogens is 442 g/mol. The minimum atomic E-state index is -3.62. The molecule has 0 saturated carbocycles. The van der Waals surface area contributed by atoms with Gasteiger partial charge in [-0.05, 0) is 48.9 Å². The number of piperazine rings is 1. The van der Waals surface area contributed by atoms with Crippen LogP contribution in [-0.2, 0) is 21.2 Å². The first-order valence-corrected chi connectivity index (χ1v) is 12.3. The van der Waals surface area contributed by atoms with Gasteiger partial charge < -0.3 is 19.7 Å². The molecule has 8 nitrogen and oxygen atoms in total. The third-order valence-electron chi connectivity index (χ3n) is 5.50. The molecule has 9 heteroatoms. The number of anilines is 1. The standard InChI is InChI=1S/C24H31N3O5S/c1-4-7-19-10-11-22(23(16-19)31-3)32-18-24(28)25-20-8-6-9-21(17-20)33(29,30)27-14-12-26(5-2)13-15-27/h4,6,8-11,16-17H,1,5,7,12-15,18H2,2-3H3,(H,25,28). The molecule has 1 heterocycles. The molecule has 0 spiro atoms. The van der Waals surface area contributed by atoms with Crippen LogP contribution in [0.25, 0.3) is 0 Å². The molecule has 1 amide bonds. The van der Waals surface area contributed by atoms with E-state index in [-0.39, 0.29) is 11.5 Å². The van der Waals surface area contributed by atoms with E-state index in [4.69, 9.17) is 9.47 Å². The van der Waals surface area contributed by atoms with Gasteiger partial charge in [0.05, 0.1) is 12.0 Å². The highest BCUT2D eigenvalue weighted by molar-refractivity contribution is 7.89. The maximum absolute atomic E-state index is 13.0. The number of carbonyl (C=O) groups excluding carboxylic acids is 1. The second-order valence-electron chi connectivity index (χ2n) is 7.68. The Morgan fingerprint density at radius 1 is 1.12 bits per heavy atom. The molecule has 1 aliphatic heterocycles. The van der Waals surface area contributed by atoms with E-state index in [2.05, 4.69) is 23.7 Å². The molecule has 0 aliphatic carbocycles. The number of allylic oxidation sites excluding steroid dienone is 1. The van der Waals surface area contributed by atoms with E-state index >= 15 is 0 Å². The van der Waals surface area contributed by atoms with Crippen molar-refractivity contribution < 1.29 is 22.7 Å². The van der Waals surface area contributed by atoms with Crippen molar-refractivity contribution in [2.75, 3.05) is 51.8 Å². The van der Waals surface area contributed by atoms with Crippen LogP contribution < -0.4 is 14.8 Å². The van der Waals surface area contributed by atoms with Gasteiger partial charge in [0, 0.05) is 31.9 Å². The number of nitrogens with zero attached hydrogens (tertiary/aromatic N) is 2. The summed E-state index contributed by atoms with van der Waals surface area (Å²) in [6.45, 7) is 8.77. The lowest BCUT2D eigenvalue weighted by Crippen LogP contribution is -2.48. The molecule has 1 fully saturated rings. The molecule has 1 saturated heterocycles. The number of hydrogen-bond acceptors (Lipinski definition) is 6. The number of carbonyl (C=O) groups is 1. The smallest absolute Gasteiger partial charge is 0.262 e. The fourth-order valence-corrected chi connectivity index (χ4v) is 5.10. The summed E-state index contributed by atoms with van der Waals surface area (Å²) in [7, 11) is -2.09. The van der Waals surface area contributed by atoms with Gasteiger partial charge in [-0.3, -0.25) is 4.79 Å². The van der Waals surface area contributed by atoms with Crippen LogP contribution in [0.4, 0.5) is 5.69 Å². The first-order chi connectivity index (χ1) is 15.9. The Hall–Kier alpha value is -2.88. The van der Waals surface area contributed by atoms with Gasteiger partial charge in [0.15, 0.2) is 18.1 Å². The largest absolute Gasteiger partial charge is 0.493 e. The van der Waals surface area contributed by atoms with Gasteiger partial charge in [-0.25, -0.2) is 8.42 Å². The van der Waals surface area contributed by atoms with E-state index in [9.17, 15) is 13.2 Å². The quantitative estimate of drug-likeness (QED) is 0.534. The Bertz CT molecular complexity index is 1080. The summed E-state index contributed by atoms with van der Waals surface area (Å²) in [4.78, 5) is 14.8. The van der Waals surface area contributed by atoms with Crippen molar-refractivity contribution in [3.63, 3.8) is 0 Å². The summed E-state index contributed by atoms with van der Waals surface area (Å²) < 4.78 is 38.5. The zero-order valence-electron chi connectivity index (χ0n) is 19.1. The molecule has 178 valence electrons. The van der Waals surface area contributed by atoms with Crippen molar-refractivity contribution in [2.24, 2.45) is 0 Å². The summed E-state index contributed by atoms with van der Waals surface area (Å²) in [5.74, 6) is 0.569. The number of amides is 1. The van der Waals surface area contributed by atoms with E-state index in [1.54, 1.807) is 30.3 Å². The van der Waals surface area contributed by atoms with Crippen LogP contribution >= 0.6 is 0 Å². The van der Waals surface area contributed by atoms with E-state index in [1.807, 2.05) is 12.1 Å². The molecule has 0 radical (unpaired) electrons. The maximum atomic E-state index is 13.0. The first kappa shape index (κ1) is 24.8. The van der Waals surface area contributed by atoms with Crippen molar-refractivity contribution in [1.29, 1.82) is 0 Å². The third kappa shape index (κ3) is 6.34. The van der Waals surface area contributed by atoms with Gasteiger partial charge in [-0.1, -0.05) is 25.1 Å². The Labute approximate surface area is 195 Å². The number of ether oxygens (including phenoxy) is 2. The molecule has 3 rings (SSSR count). The fourth-order valence-electron chi connectivity index (χ4n) is 3.63. The van der Waals surface area contributed by atoms with Crippen molar-refractivity contribution in [1.82, 2.24) is 9.21 Å². The first-order valence-electron chi connectivity index (χ1n) is 10.9. The number of hydrogen-bond donors (Lipinski definition) is 1. The van der Waals surface area contributed by atoms with Gasteiger partial charge >= 0.3 is 0 Å². The number of benzene rings is 2. The minimum Gasteiger partial charge on any atom is -0.493 e. The molecule has 33 heavy (non-hydrogen) atoms. The monoisotopic (exact) mass is 473 g/mol. The summed E-state index contributed by atoms with van der Waals surface area (Å²) in [5, 5.41) is 2.70. The van der Waals surface area contributed by atoms with Crippen LogP contribution in [-0.4, -0.2) is 70.0 Å². The number of rotatable bonds is 10. The van der Waals surface area contributed by atoms with Crippen LogP contribution in [0.5, 0.6) is 11.5 Å². The Morgan fingerprint density at radius 3 is 2.55 bits per heavy atom. The highest BCUT2D eigenvalue weighted by Gasteiger charge is 2.28. The minimum absolute atomic E-state index is 0.158. The van der Waals surface area contributed by atoms with E-state index in [0.29, 0.717) is 49.8 Å². The van der Waals surface area contributed by atoms with Crippen LogP contribution in [0.2, 0.25) is 0 Å². The molecular formula is C24H31N3O5S. The predicted molar refractivity (Wildman–Crippen MR) is 128 cm³/mol. The van der Waals surface area contributed by atoms with E-state index in [1.165, 1.54) is 17.5 Å². The second kappa shape index (κ2) is 11.3. The van der Waals surface area contributed by atoms with Gasteiger partial charge in [0.25, 0.3) is 5.91 Å². The molecule has 0 aromatic heterocycles. The van der Waals surface area contributed by atoms with Gasteiger partial charge in [-0.15, -0.1) is 6.58 Å². The van der Waals surface area contributed by atoms with Crippen LogP contribution in [0.15, 0.2) is 60.0 Å². The van der Waals surface area contributed by atoms with E-state index in [0.717, 1.165) is 12.1 Å². The lowest BCUT2D eigenvalue weighted by Gasteiger charge is -2.33. The van der Waals surface area contributed by atoms with Crippen LogP contribution in [0.1, 0.15) is 12.5 Å². The number of nitrogens with one attached hydrogen (secondary N) is 1. The molecule has 0 bridgehead atoms. The average Bonchev–Trinajstić information content (AvgIpc) is 2.83. The van der Waals surface area contributed by atoms with Gasteiger partial charge in [0.1, 0.15) is 0 Å². The zero-order chi connectivity index (χ0) is 23.8. The lowest BCUT2D eigenvalue weighted by molar-refractivity contribution is -0.118. The summed E-state index contributed by atoms with van der Waals surface area (Å²) in [5.41, 5.74) is 1.41.